The molecule has 3 rings (SSSR count). The van der Waals surface area contributed by atoms with Crippen molar-refractivity contribution < 1.29 is 4.79 Å². The average molecular weight is 310 g/mol. The maximum atomic E-state index is 12.5. The summed E-state index contributed by atoms with van der Waals surface area (Å²) in [5.41, 5.74) is 1.14. The Hall–Kier alpha value is -2.43. The average Bonchev–Trinajstić information content (AvgIpc) is 2.63. The number of carbonyl (C=O) groups is 1. The van der Waals surface area contributed by atoms with Crippen molar-refractivity contribution in [2.45, 2.75) is 25.8 Å². The van der Waals surface area contributed by atoms with E-state index in [9.17, 15) is 4.79 Å². The highest BCUT2D eigenvalue weighted by Gasteiger charge is 2.26. The molecule has 5 nitrogen and oxygen atoms in total. The molecule has 0 unspecified atom stereocenters. The summed E-state index contributed by atoms with van der Waals surface area (Å²) in [6, 6.07) is 11.9. The van der Waals surface area contributed by atoms with Crippen molar-refractivity contribution in [1.29, 1.82) is 0 Å². The zero-order chi connectivity index (χ0) is 16.1. The minimum atomic E-state index is 0.0409. The highest BCUT2D eigenvalue weighted by molar-refractivity contribution is 5.79. The van der Waals surface area contributed by atoms with Crippen LogP contribution in [0.15, 0.2) is 48.8 Å². The first-order valence-corrected chi connectivity index (χ1v) is 8.11. The zero-order valence-corrected chi connectivity index (χ0v) is 13.4. The maximum absolute atomic E-state index is 12.5. The molecule has 1 aromatic carbocycles. The zero-order valence-electron chi connectivity index (χ0n) is 13.4. The minimum Gasteiger partial charge on any atom is -0.349 e. The molecular weight excluding hydrogens is 288 g/mol. The summed E-state index contributed by atoms with van der Waals surface area (Å²) in [5.74, 6) is 0.972. The van der Waals surface area contributed by atoms with Crippen LogP contribution in [0.4, 0.5) is 5.95 Å². The first-order valence-electron chi connectivity index (χ1n) is 8.11. The van der Waals surface area contributed by atoms with E-state index in [-0.39, 0.29) is 17.9 Å². The molecule has 1 saturated heterocycles. The molecule has 0 aliphatic carbocycles. The van der Waals surface area contributed by atoms with Crippen LogP contribution < -0.4 is 10.2 Å². The number of anilines is 1. The lowest BCUT2D eigenvalue weighted by molar-refractivity contribution is -0.126. The van der Waals surface area contributed by atoms with Crippen LogP contribution in [0, 0.1) is 5.92 Å². The topological polar surface area (TPSA) is 58.1 Å². The van der Waals surface area contributed by atoms with Gasteiger partial charge in [0, 0.05) is 31.4 Å². The monoisotopic (exact) mass is 310 g/mol. The second-order valence-electron chi connectivity index (χ2n) is 5.95. The van der Waals surface area contributed by atoms with Crippen molar-refractivity contribution in [1.82, 2.24) is 15.3 Å². The summed E-state index contributed by atoms with van der Waals surface area (Å²) in [6.07, 6.45) is 5.18. The lowest BCUT2D eigenvalue weighted by Crippen LogP contribution is -2.41. The molecule has 1 atom stereocenters. The van der Waals surface area contributed by atoms with E-state index in [0.717, 1.165) is 37.4 Å². The molecular formula is C18H22N4O. The molecule has 0 radical (unpaired) electrons. The molecule has 2 aromatic rings. The van der Waals surface area contributed by atoms with Crippen LogP contribution in [-0.2, 0) is 4.79 Å². The third-order valence-electron chi connectivity index (χ3n) is 4.36. The van der Waals surface area contributed by atoms with Gasteiger partial charge >= 0.3 is 0 Å². The molecule has 1 amide bonds. The fourth-order valence-electron chi connectivity index (χ4n) is 2.95. The fourth-order valence-corrected chi connectivity index (χ4v) is 2.95. The highest BCUT2D eigenvalue weighted by atomic mass is 16.1. The Kier molecular flexibility index (Phi) is 4.86. The van der Waals surface area contributed by atoms with Crippen LogP contribution in [0.3, 0.4) is 0 Å². The Morgan fingerprint density at radius 1 is 1.13 bits per heavy atom. The SMILES string of the molecule is C[C@@H](NC(=O)C1CCN(c2ncccn2)CC1)c1ccccc1. The molecule has 1 aromatic heterocycles. The number of amides is 1. The quantitative estimate of drug-likeness (QED) is 0.943. The second kappa shape index (κ2) is 7.22. The van der Waals surface area contributed by atoms with Crippen molar-refractivity contribution in [3.63, 3.8) is 0 Å². The Balaban J connectivity index is 1.52. The van der Waals surface area contributed by atoms with Gasteiger partial charge in [0.2, 0.25) is 11.9 Å². The van der Waals surface area contributed by atoms with Gasteiger partial charge in [-0.25, -0.2) is 9.97 Å². The van der Waals surface area contributed by atoms with Gasteiger partial charge in [0.1, 0.15) is 0 Å². The summed E-state index contributed by atoms with van der Waals surface area (Å²) < 4.78 is 0. The van der Waals surface area contributed by atoms with Crippen LogP contribution in [0.25, 0.3) is 0 Å². The van der Waals surface area contributed by atoms with Gasteiger partial charge in [-0.15, -0.1) is 0 Å². The van der Waals surface area contributed by atoms with E-state index in [1.807, 2.05) is 43.3 Å². The Morgan fingerprint density at radius 2 is 1.78 bits per heavy atom. The standard InChI is InChI=1S/C18H22N4O/c1-14(15-6-3-2-4-7-15)21-17(23)16-8-12-22(13-9-16)18-19-10-5-11-20-18/h2-7,10-11,14,16H,8-9,12-13H2,1H3,(H,21,23)/t14-/m1/s1. The second-order valence-corrected chi connectivity index (χ2v) is 5.95. The summed E-state index contributed by atoms with van der Waals surface area (Å²) >= 11 is 0. The van der Waals surface area contributed by atoms with Crippen molar-refractivity contribution in [3.8, 4) is 0 Å². The maximum Gasteiger partial charge on any atom is 0.225 e. The predicted molar refractivity (Wildman–Crippen MR) is 90.0 cm³/mol. The number of piperidine rings is 1. The minimum absolute atomic E-state index is 0.0409. The number of rotatable bonds is 4. The van der Waals surface area contributed by atoms with E-state index in [4.69, 9.17) is 0 Å². The van der Waals surface area contributed by atoms with Gasteiger partial charge in [0.25, 0.3) is 0 Å². The summed E-state index contributed by atoms with van der Waals surface area (Å²) in [6.45, 7) is 3.67. The predicted octanol–water partition coefficient (Wildman–Crippen LogP) is 2.57. The number of nitrogens with one attached hydrogen (secondary N) is 1. The first-order chi connectivity index (χ1) is 11.2. The molecule has 1 N–H and O–H groups in total. The third-order valence-corrected chi connectivity index (χ3v) is 4.36. The van der Waals surface area contributed by atoms with Crippen molar-refractivity contribution >= 4 is 11.9 Å². The fraction of sp³-hybridized carbons (Fsp3) is 0.389. The van der Waals surface area contributed by atoms with Gasteiger partial charge in [0.15, 0.2) is 0 Å². The van der Waals surface area contributed by atoms with Crippen LogP contribution in [-0.4, -0.2) is 29.0 Å². The molecule has 2 heterocycles. The number of hydrogen-bond donors (Lipinski definition) is 1. The molecule has 5 heteroatoms. The molecule has 0 spiro atoms. The van der Waals surface area contributed by atoms with Crippen LogP contribution in [0.1, 0.15) is 31.4 Å². The molecule has 120 valence electrons. The normalized spacial score (nSPS) is 16.8. The summed E-state index contributed by atoms with van der Waals surface area (Å²) in [5, 5.41) is 3.13. The van der Waals surface area contributed by atoms with E-state index in [1.165, 1.54) is 0 Å². The summed E-state index contributed by atoms with van der Waals surface area (Å²) in [4.78, 5) is 23.2. The Bertz CT molecular complexity index is 624. The van der Waals surface area contributed by atoms with Crippen LogP contribution in [0.5, 0.6) is 0 Å². The Morgan fingerprint density at radius 3 is 2.43 bits per heavy atom. The van der Waals surface area contributed by atoms with E-state index in [0.29, 0.717) is 0 Å². The number of carbonyl (C=O) groups excluding carboxylic acids is 1. The highest BCUT2D eigenvalue weighted by Crippen LogP contribution is 2.21. The van der Waals surface area contributed by atoms with Crippen molar-refractivity contribution in [2.24, 2.45) is 5.92 Å². The van der Waals surface area contributed by atoms with E-state index in [1.54, 1.807) is 12.4 Å². The van der Waals surface area contributed by atoms with E-state index < -0.39 is 0 Å². The van der Waals surface area contributed by atoms with Gasteiger partial charge in [-0.3, -0.25) is 4.79 Å². The van der Waals surface area contributed by atoms with Gasteiger partial charge in [-0.2, -0.15) is 0 Å². The Labute approximate surface area is 136 Å². The summed E-state index contributed by atoms with van der Waals surface area (Å²) in [7, 11) is 0. The number of hydrogen-bond acceptors (Lipinski definition) is 4. The third kappa shape index (κ3) is 3.86. The molecule has 1 aliphatic rings. The van der Waals surface area contributed by atoms with Gasteiger partial charge in [0.05, 0.1) is 6.04 Å². The molecule has 0 bridgehead atoms. The van der Waals surface area contributed by atoms with Crippen molar-refractivity contribution in [3.05, 3.63) is 54.4 Å². The molecule has 0 saturated carbocycles. The lowest BCUT2D eigenvalue weighted by atomic mass is 9.95. The molecule has 1 fully saturated rings. The van der Waals surface area contributed by atoms with Gasteiger partial charge < -0.3 is 10.2 Å². The van der Waals surface area contributed by atoms with Crippen LogP contribution >= 0.6 is 0 Å². The van der Waals surface area contributed by atoms with Crippen molar-refractivity contribution in [2.75, 3.05) is 18.0 Å². The number of benzene rings is 1. The van der Waals surface area contributed by atoms with E-state index in [2.05, 4.69) is 20.2 Å². The first kappa shape index (κ1) is 15.5. The molecule has 1 aliphatic heterocycles. The van der Waals surface area contributed by atoms with E-state index >= 15 is 0 Å². The largest absolute Gasteiger partial charge is 0.349 e. The number of aromatic nitrogens is 2. The number of nitrogens with zero attached hydrogens (tertiary/aromatic N) is 3. The smallest absolute Gasteiger partial charge is 0.225 e. The van der Waals surface area contributed by atoms with Crippen LogP contribution in [0.2, 0.25) is 0 Å². The molecule has 23 heavy (non-hydrogen) atoms. The van der Waals surface area contributed by atoms with Gasteiger partial charge in [-0.05, 0) is 31.4 Å². The van der Waals surface area contributed by atoms with Gasteiger partial charge in [-0.1, -0.05) is 30.3 Å². The lowest BCUT2D eigenvalue weighted by Gasteiger charge is -2.31.